The number of halogens is 5. The van der Waals surface area contributed by atoms with Crippen LogP contribution in [-0.2, 0) is 6.42 Å². The van der Waals surface area contributed by atoms with Crippen LogP contribution in [0.5, 0.6) is 5.75 Å². The van der Waals surface area contributed by atoms with E-state index in [-0.39, 0.29) is 5.56 Å². The Kier molecular flexibility index (Phi) is 4.12. The van der Waals surface area contributed by atoms with Crippen molar-refractivity contribution in [2.45, 2.75) is 11.8 Å². The van der Waals surface area contributed by atoms with Gasteiger partial charge in [0.05, 0.1) is 12.0 Å². The van der Waals surface area contributed by atoms with Crippen LogP contribution in [0, 0.1) is 11.6 Å². The molecule has 21 heavy (non-hydrogen) atoms. The highest BCUT2D eigenvalue weighted by Crippen LogP contribution is 2.43. The van der Waals surface area contributed by atoms with Crippen molar-refractivity contribution in [1.82, 2.24) is 0 Å². The lowest BCUT2D eigenvalue weighted by atomic mass is 9.99. The van der Waals surface area contributed by atoms with E-state index < -0.39 is 17.0 Å². The lowest BCUT2D eigenvalue weighted by Gasteiger charge is -2.16. The maximum absolute atomic E-state index is 14.1. The molecule has 1 aliphatic heterocycles. The van der Waals surface area contributed by atoms with E-state index in [0.29, 0.717) is 33.8 Å². The monoisotopic (exact) mass is 392 g/mol. The summed E-state index contributed by atoms with van der Waals surface area (Å²) in [6, 6.07) is 5.73. The van der Waals surface area contributed by atoms with E-state index in [1.54, 1.807) is 12.1 Å². The van der Waals surface area contributed by atoms with Gasteiger partial charge in [-0.05, 0) is 29.8 Å². The molecule has 6 heteroatoms. The maximum atomic E-state index is 14.1. The first-order valence-corrected chi connectivity index (χ1v) is 7.81. The van der Waals surface area contributed by atoms with Crippen LogP contribution in [0.3, 0.4) is 0 Å². The molecule has 2 aromatic rings. The van der Waals surface area contributed by atoms with Crippen molar-refractivity contribution < 1.29 is 13.5 Å². The molecule has 0 saturated heterocycles. The Hall–Kier alpha value is -0.840. The van der Waals surface area contributed by atoms with Gasteiger partial charge in [-0.25, -0.2) is 8.78 Å². The van der Waals surface area contributed by atoms with Gasteiger partial charge in [-0.3, -0.25) is 0 Å². The van der Waals surface area contributed by atoms with Gasteiger partial charge in [0.15, 0.2) is 0 Å². The Morgan fingerprint density at radius 2 is 1.81 bits per heavy atom. The summed E-state index contributed by atoms with van der Waals surface area (Å²) in [4.78, 5) is 0. The largest absolute Gasteiger partial charge is 0.493 e. The fourth-order valence-corrected chi connectivity index (χ4v) is 3.46. The van der Waals surface area contributed by atoms with Crippen molar-refractivity contribution in [3.05, 3.63) is 62.1 Å². The normalized spacial score (nSPS) is 14.7. The molecule has 2 aromatic carbocycles. The SMILES string of the molecule is Fc1cc(Br)cc(F)c1C(Cl)c1cc(Cl)cc2c1OCC2. The molecule has 0 spiro atoms. The molecule has 1 heterocycles. The van der Waals surface area contributed by atoms with Gasteiger partial charge in [-0.15, -0.1) is 11.6 Å². The average Bonchev–Trinajstić information content (AvgIpc) is 2.84. The van der Waals surface area contributed by atoms with Gasteiger partial charge < -0.3 is 4.74 Å². The van der Waals surface area contributed by atoms with Crippen LogP contribution in [0.15, 0.2) is 28.7 Å². The number of benzene rings is 2. The Bertz CT molecular complexity index is 698. The molecule has 0 saturated carbocycles. The van der Waals surface area contributed by atoms with Gasteiger partial charge >= 0.3 is 0 Å². The standard InChI is InChI=1S/C15H9BrCl2F2O/c16-8-4-11(19)13(12(20)5-8)14(18)10-6-9(17)3-7-1-2-21-15(7)10/h3-6,14H,1-2H2. The van der Waals surface area contributed by atoms with Crippen LogP contribution >= 0.6 is 39.1 Å². The molecule has 0 aliphatic carbocycles. The molecule has 0 amide bonds. The predicted octanol–water partition coefficient (Wildman–Crippen LogP) is 5.64. The Balaban J connectivity index is 2.14. The Morgan fingerprint density at radius 1 is 1.14 bits per heavy atom. The number of fused-ring (bicyclic) bond motifs is 1. The minimum Gasteiger partial charge on any atom is -0.493 e. The molecule has 0 bridgehead atoms. The minimum atomic E-state index is -1.01. The first-order valence-electron chi connectivity index (χ1n) is 6.21. The molecular formula is C15H9BrCl2F2O. The van der Waals surface area contributed by atoms with E-state index >= 15 is 0 Å². The first kappa shape index (κ1) is 15.1. The van der Waals surface area contributed by atoms with Gasteiger partial charge in [0.2, 0.25) is 0 Å². The van der Waals surface area contributed by atoms with Gasteiger partial charge in [0.25, 0.3) is 0 Å². The zero-order chi connectivity index (χ0) is 15.1. The topological polar surface area (TPSA) is 9.23 Å². The number of hydrogen-bond donors (Lipinski definition) is 0. The molecule has 0 N–H and O–H groups in total. The number of hydrogen-bond acceptors (Lipinski definition) is 1. The highest BCUT2D eigenvalue weighted by atomic mass is 79.9. The van der Waals surface area contributed by atoms with Crippen LogP contribution in [0.25, 0.3) is 0 Å². The second-order valence-electron chi connectivity index (χ2n) is 4.73. The summed E-state index contributed by atoms with van der Waals surface area (Å²) in [5.74, 6) is -0.858. The molecule has 1 nitrogen and oxygen atoms in total. The van der Waals surface area contributed by atoms with E-state index in [2.05, 4.69) is 15.9 Å². The van der Waals surface area contributed by atoms with Gasteiger partial charge in [0.1, 0.15) is 17.4 Å². The van der Waals surface area contributed by atoms with Crippen molar-refractivity contribution in [2.24, 2.45) is 0 Å². The maximum Gasteiger partial charge on any atom is 0.132 e. The van der Waals surface area contributed by atoms with Crippen LogP contribution in [0.1, 0.15) is 22.1 Å². The fourth-order valence-electron chi connectivity index (χ4n) is 2.44. The Labute approximate surface area is 138 Å². The van der Waals surface area contributed by atoms with Crippen LogP contribution < -0.4 is 4.74 Å². The highest BCUT2D eigenvalue weighted by Gasteiger charge is 2.27. The smallest absolute Gasteiger partial charge is 0.132 e. The van der Waals surface area contributed by atoms with E-state index in [4.69, 9.17) is 27.9 Å². The second-order valence-corrected chi connectivity index (χ2v) is 6.52. The third-order valence-corrected chi connectivity index (χ3v) is 4.48. The predicted molar refractivity (Wildman–Crippen MR) is 82.4 cm³/mol. The van der Waals surface area contributed by atoms with E-state index in [1.807, 2.05) is 0 Å². The van der Waals surface area contributed by atoms with Gasteiger partial charge in [-0.2, -0.15) is 0 Å². The van der Waals surface area contributed by atoms with Gasteiger partial charge in [-0.1, -0.05) is 27.5 Å². The lowest BCUT2D eigenvalue weighted by Crippen LogP contribution is -2.03. The van der Waals surface area contributed by atoms with Crippen molar-refractivity contribution >= 4 is 39.1 Å². The summed E-state index contributed by atoms with van der Waals surface area (Å²) >= 11 is 15.4. The van der Waals surface area contributed by atoms with Crippen LogP contribution in [0.2, 0.25) is 5.02 Å². The average molecular weight is 394 g/mol. The van der Waals surface area contributed by atoms with Crippen LogP contribution in [0.4, 0.5) is 8.78 Å². The molecule has 1 atom stereocenters. The lowest BCUT2D eigenvalue weighted by molar-refractivity contribution is 0.353. The highest BCUT2D eigenvalue weighted by molar-refractivity contribution is 9.10. The van der Waals surface area contributed by atoms with E-state index in [0.717, 1.165) is 5.56 Å². The number of rotatable bonds is 2. The zero-order valence-electron chi connectivity index (χ0n) is 10.6. The molecule has 1 aliphatic rings. The van der Waals surface area contributed by atoms with Gasteiger partial charge in [0, 0.05) is 27.0 Å². The van der Waals surface area contributed by atoms with Crippen LogP contribution in [-0.4, -0.2) is 6.61 Å². The molecule has 3 rings (SSSR count). The molecule has 1 unspecified atom stereocenters. The summed E-state index contributed by atoms with van der Waals surface area (Å²) in [5.41, 5.74) is 1.18. The molecule has 0 fully saturated rings. The Morgan fingerprint density at radius 3 is 2.48 bits per heavy atom. The summed E-state index contributed by atoms with van der Waals surface area (Å²) in [6.07, 6.45) is 0.706. The summed E-state index contributed by atoms with van der Waals surface area (Å²) < 4.78 is 34.0. The minimum absolute atomic E-state index is 0.208. The second kappa shape index (κ2) is 5.75. The van der Waals surface area contributed by atoms with Crippen molar-refractivity contribution in [3.8, 4) is 5.75 Å². The van der Waals surface area contributed by atoms with Crippen molar-refractivity contribution in [2.75, 3.05) is 6.61 Å². The summed E-state index contributed by atoms with van der Waals surface area (Å²) in [6.45, 7) is 0.511. The first-order chi connectivity index (χ1) is 9.97. The zero-order valence-corrected chi connectivity index (χ0v) is 13.7. The fraction of sp³-hybridized carbons (Fsp3) is 0.200. The molecule has 110 valence electrons. The number of ether oxygens (including phenoxy) is 1. The summed E-state index contributed by atoms with van der Waals surface area (Å²) in [5, 5.41) is -0.540. The third kappa shape index (κ3) is 2.77. The third-order valence-electron chi connectivity index (χ3n) is 3.35. The quantitative estimate of drug-likeness (QED) is 0.599. The summed E-state index contributed by atoms with van der Waals surface area (Å²) in [7, 11) is 0. The molecule has 0 radical (unpaired) electrons. The number of alkyl halides is 1. The van der Waals surface area contributed by atoms with E-state index in [9.17, 15) is 8.78 Å². The van der Waals surface area contributed by atoms with Crippen molar-refractivity contribution in [3.63, 3.8) is 0 Å². The molecular weight excluding hydrogens is 385 g/mol. The molecule has 0 aromatic heterocycles. The van der Waals surface area contributed by atoms with Crippen molar-refractivity contribution in [1.29, 1.82) is 0 Å². The van der Waals surface area contributed by atoms with E-state index in [1.165, 1.54) is 12.1 Å².